The Hall–Kier alpha value is -2.65. The molecule has 4 rings (SSSR count). The predicted octanol–water partition coefficient (Wildman–Crippen LogP) is 6.26. The van der Waals surface area contributed by atoms with Crippen LogP contribution in [0.15, 0.2) is 82.2 Å². The topological polar surface area (TPSA) is 98.0 Å². The van der Waals surface area contributed by atoms with Gasteiger partial charge in [-0.1, -0.05) is 57.3 Å². The molecule has 3 N–H and O–H groups in total. The zero-order chi connectivity index (χ0) is 22.9. The van der Waals surface area contributed by atoms with Gasteiger partial charge in [-0.3, -0.25) is 4.72 Å². The van der Waals surface area contributed by atoms with Crippen LogP contribution in [0.1, 0.15) is 0 Å². The largest absolute Gasteiger partial charge is 0.368 e. The highest BCUT2D eigenvalue weighted by molar-refractivity contribution is 9.10. The molecule has 0 saturated carbocycles. The van der Waals surface area contributed by atoms with Gasteiger partial charge in [-0.05, 0) is 54.6 Å². The molecule has 1 heterocycles. The molecule has 0 fully saturated rings. The Morgan fingerprint density at radius 2 is 1.44 bits per heavy atom. The van der Waals surface area contributed by atoms with Crippen LogP contribution < -0.4 is 10.5 Å². The number of nitrogens with one attached hydrogen (secondary N) is 1. The first kappa shape index (κ1) is 22.5. The molecular formula is C22H15BrCl2N4O2S. The summed E-state index contributed by atoms with van der Waals surface area (Å²) in [7, 11) is -3.71. The number of anilines is 2. The molecule has 0 atom stereocenters. The smallest absolute Gasteiger partial charge is 0.261 e. The van der Waals surface area contributed by atoms with Gasteiger partial charge in [0, 0.05) is 21.3 Å². The van der Waals surface area contributed by atoms with E-state index in [9.17, 15) is 8.42 Å². The molecule has 4 aromatic rings. The molecule has 32 heavy (non-hydrogen) atoms. The second-order valence-electron chi connectivity index (χ2n) is 6.73. The summed E-state index contributed by atoms with van der Waals surface area (Å²) in [4.78, 5) is 8.71. The van der Waals surface area contributed by atoms with Crippen molar-refractivity contribution >= 4 is 60.8 Å². The third kappa shape index (κ3) is 4.88. The van der Waals surface area contributed by atoms with Crippen LogP contribution in [0.2, 0.25) is 10.0 Å². The molecule has 0 spiro atoms. The fourth-order valence-corrected chi connectivity index (χ4v) is 4.94. The molecule has 10 heteroatoms. The average Bonchev–Trinajstić information content (AvgIpc) is 2.74. The van der Waals surface area contributed by atoms with E-state index in [2.05, 4.69) is 30.6 Å². The first-order chi connectivity index (χ1) is 15.2. The van der Waals surface area contributed by atoms with Crippen molar-refractivity contribution in [3.05, 3.63) is 87.3 Å². The van der Waals surface area contributed by atoms with Crippen molar-refractivity contribution in [2.75, 3.05) is 10.5 Å². The number of aromatic nitrogens is 2. The number of rotatable bonds is 5. The van der Waals surface area contributed by atoms with Crippen LogP contribution in [0.25, 0.3) is 22.5 Å². The van der Waals surface area contributed by atoms with Crippen molar-refractivity contribution in [1.29, 1.82) is 0 Å². The van der Waals surface area contributed by atoms with Crippen molar-refractivity contribution in [3.8, 4) is 22.5 Å². The summed E-state index contributed by atoms with van der Waals surface area (Å²) in [5.74, 6) is 0.0634. The minimum absolute atomic E-state index is 0.0634. The van der Waals surface area contributed by atoms with E-state index in [0.29, 0.717) is 32.7 Å². The van der Waals surface area contributed by atoms with Gasteiger partial charge < -0.3 is 5.73 Å². The van der Waals surface area contributed by atoms with Crippen molar-refractivity contribution < 1.29 is 8.42 Å². The monoisotopic (exact) mass is 548 g/mol. The summed E-state index contributed by atoms with van der Waals surface area (Å²) in [5.41, 5.74) is 8.64. The normalized spacial score (nSPS) is 11.3. The lowest BCUT2D eigenvalue weighted by Crippen LogP contribution is -2.12. The van der Waals surface area contributed by atoms with Crippen molar-refractivity contribution in [1.82, 2.24) is 9.97 Å². The Balaban J connectivity index is 1.63. The number of nitrogens with two attached hydrogens (primary N) is 1. The molecule has 0 radical (unpaired) electrons. The molecule has 0 aliphatic heterocycles. The number of halogens is 3. The molecule has 0 amide bonds. The zero-order valence-corrected chi connectivity index (χ0v) is 20.2. The van der Waals surface area contributed by atoms with E-state index >= 15 is 0 Å². The molecule has 1 aromatic heterocycles. The van der Waals surface area contributed by atoms with Gasteiger partial charge in [0.25, 0.3) is 10.0 Å². The van der Waals surface area contributed by atoms with Gasteiger partial charge in [0.1, 0.15) is 0 Å². The highest BCUT2D eigenvalue weighted by Gasteiger charge is 2.15. The Labute approximate surface area is 203 Å². The lowest BCUT2D eigenvalue weighted by Gasteiger charge is -2.11. The maximum absolute atomic E-state index is 12.6. The molecule has 0 aliphatic rings. The van der Waals surface area contributed by atoms with Crippen molar-refractivity contribution in [2.45, 2.75) is 4.90 Å². The van der Waals surface area contributed by atoms with Gasteiger partial charge >= 0.3 is 0 Å². The Kier molecular flexibility index (Phi) is 6.39. The SMILES string of the molecule is Nc1nc(-c2ccc(NS(=O)(=O)c3ccc(Br)cc3)cc2)cc(-c2c(Cl)cccc2Cl)n1. The number of sulfonamides is 1. The molecular weight excluding hydrogens is 535 g/mol. The van der Waals surface area contributed by atoms with E-state index in [-0.39, 0.29) is 10.8 Å². The van der Waals surface area contributed by atoms with E-state index in [0.717, 1.165) is 10.0 Å². The number of nitrogen functional groups attached to an aromatic ring is 1. The summed E-state index contributed by atoms with van der Waals surface area (Å²) < 4.78 is 28.5. The third-order valence-electron chi connectivity index (χ3n) is 4.52. The minimum atomic E-state index is -3.71. The van der Waals surface area contributed by atoms with Crippen LogP contribution in [0.5, 0.6) is 0 Å². The molecule has 0 bridgehead atoms. The molecule has 0 saturated heterocycles. The molecule has 0 unspecified atom stereocenters. The maximum Gasteiger partial charge on any atom is 0.261 e. The Bertz CT molecular complexity index is 1380. The molecule has 6 nitrogen and oxygen atoms in total. The molecule has 0 aliphatic carbocycles. The van der Waals surface area contributed by atoms with Crippen LogP contribution in [-0.4, -0.2) is 18.4 Å². The van der Waals surface area contributed by atoms with Gasteiger partial charge in [-0.25, -0.2) is 18.4 Å². The number of hydrogen-bond donors (Lipinski definition) is 2. The van der Waals surface area contributed by atoms with E-state index < -0.39 is 10.0 Å². The lowest BCUT2D eigenvalue weighted by molar-refractivity contribution is 0.601. The van der Waals surface area contributed by atoms with E-state index in [4.69, 9.17) is 28.9 Å². The van der Waals surface area contributed by atoms with E-state index in [1.165, 1.54) is 12.1 Å². The summed E-state index contributed by atoms with van der Waals surface area (Å²) in [5, 5.41) is 0.887. The molecule has 3 aromatic carbocycles. The van der Waals surface area contributed by atoms with Gasteiger partial charge in [0.15, 0.2) is 0 Å². The van der Waals surface area contributed by atoms with Crippen LogP contribution in [0.4, 0.5) is 11.6 Å². The second kappa shape index (κ2) is 9.07. The van der Waals surface area contributed by atoms with Crippen LogP contribution in [-0.2, 0) is 10.0 Å². The average molecular weight is 550 g/mol. The van der Waals surface area contributed by atoms with Gasteiger partial charge in [-0.15, -0.1) is 0 Å². The van der Waals surface area contributed by atoms with Gasteiger partial charge in [-0.2, -0.15) is 0 Å². The highest BCUT2D eigenvalue weighted by Crippen LogP contribution is 2.35. The Morgan fingerprint density at radius 1 is 0.844 bits per heavy atom. The summed E-state index contributed by atoms with van der Waals surface area (Å²) in [6.07, 6.45) is 0. The maximum atomic E-state index is 12.6. The fraction of sp³-hybridized carbons (Fsp3) is 0. The van der Waals surface area contributed by atoms with Crippen molar-refractivity contribution in [2.24, 2.45) is 0 Å². The number of nitrogens with zero attached hydrogens (tertiary/aromatic N) is 2. The number of hydrogen-bond acceptors (Lipinski definition) is 5. The standard InChI is InChI=1S/C22H15BrCl2N4O2S/c23-14-6-10-16(11-7-14)32(30,31)29-15-8-4-13(5-9-15)19-12-20(28-22(26)27-19)21-17(24)2-1-3-18(21)25/h1-12,29H,(H2,26,27,28). The first-order valence-electron chi connectivity index (χ1n) is 9.21. The van der Waals surface area contributed by atoms with E-state index in [1.807, 2.05) is 0 Å². The lowest BCUT2D eigenvalue weighted by atomic mass is 10.1. The summed E-state index contributed by atoms with van der Waals surface area (Å²) in [6.45, 7) is 0. The van der Waals surface area contributed by atoms with Crippen LogP contribution in [0.3, 0.4) is 0 Å². The second-order valence-corrected chi connectivity index (χ2v) is 10.1. The first-order valence-corrected chi connectivity index (χ1v) is 12.2. The summed E-state index contributed by atoms with van der Waals surface area (Å²) >= 11 is 15.9. The van der Waals surface area contributed by atoms with Crippen LogP contribution in [0, 0.1) is 0 Å². The van der Waals surface area contributed by atoms with E-state index in [1.54, 1.807) is 60.7 Å². The Morgan fingerprint density at radius 3 is 2.06 bits per heavy atom. The predicted molar refractivity (Wildman–Crippen MR) is 132 cm³/mol. The zero-order valence-electron chi connectivity index (χ0n) is 16.3. The summed E-state index contributed by atoms with van der Waals surface area (Å²) in [6, 6.07) is 20.0. The third-order valence-corrected chi connectivity index (χ3v) is 7.07. The number of benzene rings is 3. The quantitative estimate of drug-likeness (QED) is 0.306. The fourth-order valence-electron chi connectivity index (χ4n) is 3.02. The van der Waals surface area contributed by atoms with Crippen molar-refractivity contribution in [3.63, 3.8) is 0 Å². The van der Waals surface area contributed by atoms with Gasteiger partial charge in [0.2, 0.25) is 5.95 Å². The molecule has 162 valence electrons. The van der Waals surface area contributed by atoms with Crippen LogP contribution >= 0.6 is 39.1 Å². The van der Waals surface area contributed by atoms with Gasteiger partial charge in [0.05, 0.1) is 26.3 Å². The minimum Gasteiger partial charge on any atom is -0.368 e. The highest BCUT2D eigenvalue weighted by atomic mass is 79.9.